The van der Waals surface area contributed by atoms with Crippen molar-refractivity contribution < 1.29 is 4.39 Å². The number of alkyl halides is 1. The van der Waals surface area contributed by atoms with Crippen LogP contribution in [0.4, 0.5) is 4.39 Å². The molecule has 6 heavy (non-hydrogen) atoms. The fraction of sp³-hybridized carbons (Fsp3) is 0.600. The minimum Gasteiger partial charge on any atom is -0.251 e. The summed E-state index contributed by atoms with van der Waals surface area (Å²) in [6, 6.07) is 0. The standard InChI is InChI=1S/C5H9F/c1-2-3-4-5-6/h2-3H,4-5H2,1H3/b3-2+. The van der Waals surface area contributed by atoms with E-state index in [-0.39, 0.29) is 6.67 Å². The van der Waals surface area contributed by atoms with Gasteiger partial charge in [0, 0.05) is 0 Å². The second-order valence-corrected chi connectivity index (χ2v) is 1.05. The summed E-state index contributed by atoms with van der Waals surface area (Å²) in [6.45, 7) is 1.65. The molecule has 0 fully saturated rings. The molecule has 0 rings (SSSR count). The predicted molar refractivity (Wildman–Crippen MR) is 25.4 cm³/mol. The van der Waals surface area contributed by atoms with Gasteiger partial charge in [0.1, 0.15) is 0 Å². The van der Waals surface area contributed by atoms with E-state index in [1.165, 1.54) is 0 Å². The fourth-order valence-electron chi connectivity index (χ4n) is 0.230. The van der Waals surface area contributed by atoms with Crippen LogP contribution in [0, 0.1) is 0 Å². The van der Waals surface area contributed by atoms with Gasteiger partial charge < -0.3 is 0 Å². The molecule has 0 atom stereocenters. The molecular formula is C5H9F. The summed E-state index contributed by atoms with van der Waals surface area (Å²) < 4.78 is 11.1. The average molecular weight is 88.1 g/mol. The van der Waals surface area contributed by atoms with Crippen molar-refractivity contribution in [3.63, 3.8) is 0 Å². The van der Waals surface area contributed by atoms with E-state index in [1.54, 1.807) is 6.08 Å². The van der Waals surface area contributed by atoms with Gasteiger partial charge in [-0.25, -0.2) is 0 Å². The third-order valence-corrected chi connectivity index (χ3v) is 0.511. The number of hydrogen-bond acceptors (Lipinski definition) is 0. The smallest absolute Gasteiger partial charge is 0.0928 e. The van der Waals surface area contributed by atoms with E-state index in [1.807, 2.05) is 13.0 Å². The zero-order chi connectivity index (χ0) is 4.83. The molecule has 0 saturated carbocycles. The molecule has 0 N–H and O–H groups in total. The number of allylic oxidation sites excluding steroid dienone is 2. The molecule has 36 valence electrons. The summed E-state index contributed by atoms with van der Waals surface area (Å²) in [7, 11) is 0. The Morgan fingerprint density at radius 3 is 2.50 bits per heavy atom. The Labute approximate surface area is 37.7 Å². The number of halogens is 1. The summed E-state index contributed by atoms with van der Waals surface area (Å²) >= 11 is 0. The van der Waals surface area contributed by atoms with Crippen LogP contribution in [0.25, 0.3) is 0 Å². The molecule has 0 nitrogen and oxygen atoms in total. The molecule has 0 unspecified atom stereocenters. The van der Waals surface area contributed by atoms with Crippen molar-refractivity contribution in [3.05, 3.63) is 12.2 Å². The lowest BCUT2D eigenvalue weighted by Crippen LogP contribution is -1.63. The fourth-order valence-corrected chi connectivity index (χ4v) is 0.230. The van der Waals surface area contributed by atoms with Crippen LogP contribution in [-0.2, 0) is 0 Å². The third kappa shape index (κ3) is 3.67. The van der Waals surface area contributed by atoms with Gasteiger partial charge >= 0.3 is 0 Å². The van der Waals surface area contributed by atoms with Crippen molar-refractivity contribution in [1.82, 2.24) is 0 Å². The molecule has 0 amide bonds. The first-order valence-corrected chi connectivity index (χ1v) is 2.09. The Balaban J connectivity index is 2.66. The summed E-state index contributed by atoms with van der Waals surface area (Å²) in [5.74, 6) is 0. The summed E-state index contributed by atoms with van der Waals surface area (Å²) in [6.07, 6.45) is 4.22. The van der Waals surface area contributed by atoms with Crippen molar-refractivity contribution in [2.45, 2.75) is 13.3 Å². The number of hydrogen-bond donors (Lipinski definition) is 0. The van der Waals surface area contributed by atoms with Gasteiger partial charge in [0.15, 0.2) is 0 Å². The van der Waals surface area contributed by atoms with Crippen LogP contribution < -0.4 is 0 Å². The van der Waals surface area contributed by atoms with E-state index in [2.05, 4.69) is 0 Å². The molecule has 1 heteroatoms. The molecule has 0 aliphatic carbocycles. The van der Waals surface area contributed by atoms with Crippen LogP contribution in [-0.4, -0.2) is 6.67 Å². The van der Waals surface area contributed by atoms with Crippen LogP contribution in [0.2, 0.25) is 0 Å². The zero-order valence-electron chi connectivity index (χ0n) is 3.95. The van der Waals surface area contributed by atoms with Crippen molar-refractivity contribution in [2.75, 3.05) is 6.67 Å². The lowest BCUT2D eigenvalue weighted by Gasteiger charge is -1.73. The van der Waals surface area contributed by atoms with Gasteiger partial charge in [0.05, 0.1) is 6.67 Å². The van der Waals surface area contributed by atoms with Crippen molar-refractivity contribution in [2.24, 2.45) is 0 Å². The zero-order valence-corrected chi connectivity index (χ0v) is 3.95. The first-order valence-electron chi connectivity index (χ1n) is 2.09. The molecule has 0 aliphatic rings. The monoisotopic (exact) mass is 88.1 g/mol. The largest absolute Gasteiger partial charge is 0.251 e. The second kappa shape index (κ2) is 4.67. The lowest BCUT2D eigenvalue weighted by atomic mass is 10.4. The minimum atomic E-state index is -0.232. The Morgan fingerprint density at radius 2 is 2.33 bits per heavy atom. The molecular weight excluding hydrogens is 79.1 g/mol. The van der Waals surface area contributed by atoms with E-state index in [0.29, 0.717) is 6.42 Å². The quantitative estimate of drug-likeness (QED) is 0.452. The van der Waals surface area contributed by atoms with Crippen molar-refractivity contribution >= 4 is 0 Å². The molecule has 0 bridgehead atoms. The first-order chi connectivity index (χ1) is 2.91. The molecule has 0 saturated heterocycles. The Bertz CT molecular complexity index is 39.2. The molecule has 0 aromatic rings. The normalized spacial score (nSPS) is 10.3. The van der Waals surface area contributed by atoms with E-state index >= 15 is 0 Å². The van der Waals surface area contributed by atoms with Crippen LogP contribution in [0.1, 0.15) is 13.3 Å². The van der Waals surface area contributed by atoms with Crippen LogP contribution in [0.3, 0.4) is 0 Å². The topological polar surface area (TPSA) is 0 Å². The molecule has 0 aromatic heterocycles. The van der Waals surface area contributed by atoms with Crippen LogP contribution >= 0.6 is 0 Å². The maximum atomic E-state index is 11.1. The summed E-state index contributed by atoms with van der Waals surface area (Å²) in [4.78, 5) is 0. The van der Waals surface area contributed by atoms with Gasteiger partial charge in [-0.1, -0.05) is 12.2 Å². The second-order valence-electron chi connectivity index (χ2n) is 1.05. The highest BCUT2D eigenvalue weighted by atomic mass is 19.1. The van der Waals surface area contributed by atoms with Gasteiger partial charge in [-0.05, 0) is 13.3 Å². The van der Waals surface area contributed by atoms with Gasteiger partial charge in [-0.3, -0.25) is 4.39 Å². The van der Waals surface area contributed by atoms with E-state index in [4.69, 9.17) is 0 Å². The lowest BCUT2D eigenvalue weighted by molar-refractivity contribution is 0.501. The van der Waals surface area contributed by atoms with E-state index in [9.17, 15) is 4.39 Å². The van der Waals surface area contributed by atoms with Gasteiger partial charge in [0.2, 0.25) is 0 Å². The average Bonchev–Trinajstić information content (AvgIpc) is 1.61. The highest BCUT2D eigenvalue weighted by Gasteiger charge is 1.68. The van der Waals surface area contributed by atoms with Crippen molar-refractivity contribution in [1.29, 1.82) is 0 Å². The van der Waals surface area contributed by atoms with Crippen LogP contribution in [0.5, 0.6) is 0 Å². The highest BCUT2D eigenvalue weighted by Crippen LogP contribution is 1.80. The minimum absolute atomic E-state index is 0.232. The van der Waals surface area contributed by atoms with Crippen molar-refractivity contribution in [3.8, 4) is 0 Å². The SMILES string of the molecule is C/C=C/CCF. The van der Waals surface area contributed by atoms with Gasteiger partial charge in [-0.2, -0.15) is 0 Å². The molecule has 0 heterocycles. The Morgan fingerprint density at radius 1 is 1.67 bits per heavy atom. The molecule has 0 spiro atoms. The number of rotatable bonds is 2. The Hall–Kier alpha value is -0.330. The molecule has 0 radical (unpaired) electrons. The van der Waals surface area contributed by atoms with Gasteiger partial charge in [-0.15, -0.1) is 0 Å². The first kappa shape index (κ1) is 5.67. The summed E-state index contributed by atoms with van der Waals surface area (Å²) in [5.41, 5.74) is 0. The van der Waals surface area contributed by atoms with E-state index < -0.39 is 0 Å². The van der Waals surface area contributed by atoms with Crippen LogP contribution in [0.15, 0.2) is 12.2 Å². The maximum absolute atomic E-state index is 11.1. The van der Waals surface area contributed by atoms with Gasteiger partial charge in [0.25, 0.3) is 0 Å². The van der Waals surface area contributed by atoms with E-state index in [0.717, 1.165) is 0 Å². The maximum Gasteiger partial charge on any atom is 0.0928 e. The predicted octanol–water partition coefficient (Wildman–Crippen LogP) is 1.92. The third-order valence-electron chi connectivity index (χ3n) is 0.511. The Kier molecular flexibility index (Phi) is 4.41. The molecule has 0 aromatic carbocycles. The highest BCUT2D eigenvalue weighted by molar-refractivity contribution is 4.75. The molecule has 0 aliphatic heterocycles. The summed E-state index contributed by atoms with van der Waals surface area (Å²) in [5, 5.41) is 0.